The molecule has 0 N–H and O–H groups in total. The van der Waals surface area contributed by atoms with Gasteiger partial charge in [-0.15, -0.1) is 23.4 Å². The minimum absolute atomic E-state index is 0.934. The Labute approximate surface area is 583 Å². The highest BCUT2D eigenvalue weighted by atomic mass is 15.4. The zero-order valence-corrected chi connectivity index (χ0v) is 68.4. The maximum absolute atomic E-state index is 4.21. The van der Waals surface area contributed by atoms with Gasteiger partial charge in [0.15, 0.2) is 0 Å². The van der Waals surface area contributed by atoms with Gasteiger partial charge in [-0.25, -0.2) is 9.97 Å². The fourth-order valence-electron chi connectivity index (χ4n) is 6.36. The number of aromatic nitrogens is 20. The van der Waals surface area contributed by atoms with Gasteiger partial charge in [-0.2, -0.15) is 23.4 Å². The van der Waals surface area contributed by atoms with Crippen LogP contribution >= 0.6 is 0 Å². The van der Waals surface area contributed by atoms with Crippen molar-refractivity contribution in [2.24, 2.45) is 35.2 Å². The fourth-order valence-corrected chi connectivity index (χ4v) is 6.36. The summed E-state index contributed by atoms with van der Waals surface area (Å²) in [6.45, 7) is 70.1. The molecule has 0 unspecified atom stereocenters. The smallest absolute Gasteiger partial charge is 0.264 e. The van der Waals surface area contributed by atoms with Crippen LogP contribution in [0.5, 0.6) is 0 Å². The highest BCUT2D eigenvalue weighted by molar-refractivity contribution is 5.38. The predicted octanol–water partition coefficient (Wildman–Crippen LogP) is 17.4. The molecule has 1 aromatic carbocycles. The second-order valence-electron chi connectivity index (χ2n) is 14.7. The standard InChI is InChI=1S/C10H12N3.3C9H11N4.C8H10N5.15C2H6/c1-9-5-3-4-6-10(9)13-8-11-7-12(13)2;1-8-5-10-4-3-9(8)13-7-11-6-12(13)2;1-8-3-4-10-5-9(8)13-7-11-6-12(13)2;1-8-9(4-3-5-11-8)13-7-10-6-12(13)2;1-7-8(3-9-4-11-7)13-6-10-5-12(13)2;15*1-2/h3-8H,1-2H3;3*3-7H,1-2H3;3-6H,1-2H3;15*1-2H3/q5*+1;;;;;;;;;;;;;;;. The fraction of sp³-hybridized carbons (Fsp3) is 0.533. The van der Waals surface area contributed by atoms with Crippen molar-refractivity contribution < 1.29 is 23.4 Å². The third kappa shape index (κ3) is 43.9. The number of aryl methyl sites for hydroxylation is 10. The summed E-state index contributed by atoms with van der Waals surface area (Å²) in [6, 6.07) is 16.1. The number of hydrogen-bond acceptors (Lipinski definition) is 10. The van der Waals surface area contributed by atoms with Crippen molar-refractivity contribution in [2.75, 3.05) is 0 Å². The Bertz CT molecular complexity index is 2580. The summed E-state index contributed by atoms with van der Waals surface area (Å²) < 4.78 is 19.3. The van der Waals surface area contributed by atoms with Crippen LogP contribution in [0.4, 0.5) is 0 Å². The molecule has 9 heterocycles. The summed E-state index contributed by atoms with van der Waals surface area (Å²) in [5, 5.41) is 0. The summed E-state index contributed by atoms with van der Waals surface area (Å²) in [6.07, 6.45) is 30.0. The van der Waals surface area contributed by atoms with Gasteiger partial charge in [-0.3, -0.25) is 15.0 Å². The van der Waals surface area contributed by atoms with E-state index >= 15 is 0 Å². The molecular formula is C75H145N20+5. The van der Waals surface area contributed by atoms with Crippen molar-refractivity contribution in [3.8, 4) is 28.4 Å². The van der Waals surface area contributed by atoms with Crippen molar-refractivity contribution in [2.45, 2.75) is 242 Å². The summed E-state index contributed by atoms with van der Waals surface area (Å²) >= 11 is 0. The molecule has 0 radical (unpaired) electrons. The molecule has 10 aromatic rings. The molecule has 0 amide bonds. The maximum Gasteiger partial charge on any atom is 0.306 e. The SMILES string of the molecule is CC.CC.CC.CC.CC.CC.CC.CC.CC.CC.CC.CC.CC.CC.CC.Cc1ccccc1-n1cnc[n+]1C.Cc1ccncc1-n1cnc[n+]1C.Cc1cnccc1-n1cnc[n+]1C.Cc1ncccc1-n1cnc[n+]1C.Cc1ncncc1-n1cnc[n+]1C. The van der Waals surface area contributed by atoms with E-state index in [1.807, 2.05) is 366 Å². The highest BCUT2D eigenvalue weighted by Gasteiger charge is 2.12. The summed E-state index contributed by atoms with van der Waals surface area (Å²) in [5.74, 6) is 0. The third-order valence-corrected chi connectivity index (χ3v) is 9.96. The summed E-state index contributed by atoms with van der Waals surface area (Å²) in [4.78, 5) is 40.6. The predicted molar refractivity (Wildman–Crippen MR) is 407 cm³/mol. The minimum atomic E-state index is 0.934. The van der Waals surface area contributed by atoms with Crippen LogP contribution in [0, 0.1) is 34.6 Å². The number of benzene rings is 1. The van der Waals surface area contributed by atoms with Crippen LogP contribution in [0.2, 0.25) is 0 Å². The summed E-state index contributed by atoms with van der Waals surface area (Å²) in [5.41, 5.74) is 10.8. The van der Waals surface area contributed by atoms with Crippen LogP contribution in [0.3, 0.4) is 0 Å². The lowest BCUT2D eigenvalue weighted by atomic mass is 10.2. The first kappa shape index (κ1) is 108. The second kappa shape index (κ2) is 81.5. The van der Waals surface area contributed by atoms with E-state index in [4.69, 9.17) is 0 Å². The largest absolute Gasteiger partial charge is 0.306 e. The average Bonchev–Trinajstić information content (AvgIpc) is 1.86. The van der Waals surface area contributed by atoms with E-state index in [1.165, 1.54) is 23.1 Å². The van der Waals surface area contributed by atoms with Gasteiger partial charge in [0, 0.05) is 24.8 Å². The van der Waals surface area contributed by atoms with E-state index in [-0.39, 0.29) is 0 Å². The van der Waals surface area contributed by atoms with E-state index in [1.54, 1.807) is 81.7 Å². The van der Waals surface area contributed by atoms with Crippen molar-refractivity contribution >= 4 is 0 Å². The molecule has 0 aliphatic rings. The van der Waals surface area contributed by atoms with Gasteiger partial charge in [0.2, 0.25) is 31.6 Å². The lowest BCUT2D eigenvalue weighted by Crippen LogP contribution is -2.37. The van der Waals surface area contributed by atoms with Gasteiger partial charge < -0.3 is 0 Å². The lowest BCUT2D eigenvalue weighted by Gasteiger charge is -2.03. The number of rotatable bonds is 5. The number of hydrogen-bond donors (Lipinski definition) is 0. The molecular weight excluding hydrogens is 1180 g/mol. The van der Waals surface area contributed by atoms with E-state index in [0.717, 1.165) is 39.7 Å². The Morgan fingerprint density at radius 1 is 0.242 bits per heavy atom. The molecule has 0 aliphatic heterocycles. The highest BCUT2D eigenvalue weighted by Crippen LogP contribution is 2.11. The van der Waals surface area contributed by atoms with Crippen LogP contribution in [0.25, 0.3) is 28.4 Å². The molecule has 10 rings (SSSR count). The third-order valence-electron chi connectivity index (χ3n) is 9.96. The molecule has 0 saturated carbocycles. The molecule has 20 nitrogen and oxygen atoms in total. The Hall–Kier alpha value is -8.55. The van der Waals surface area contributed by atoms with Crippen LogP contribution in [-0.2, 0) is 35.2 Å². The summed E-state index contributed by atoms with van der Waals surface area (Å²) in [7, 11) is 9.73. The Balaban J connectivity index is -0.000000108. The molecule has 540 valence electrons. The van der Waals surface area contributed by atoms with E-state index in [2.05, 4.69) is 75.8 Å². The Morgan fingerprint density at radius 2 is 0.526 bits per heavy atom. The Morgan fingerprint density at radius 3 is 0.853 bits per heavy atom. The van der Waals surface area contributed by atoms with Crippen LogP contribution < -0.4 is 23.4 Å². The van der Waals surface area contributed by atoms with Gasteiger partial charge in [-0.1, -0.05) is 226 Å². The topological polar surface area (TPSA) is 173 Å². The van der Waals surface area contributed by atoms with Gasteiger partial charge in [-0.05, 0) is 107 Å². The number of pyridine rings is 3. The molecule has 0 bridgehead atoms. The zero-order chi connectivity index (χ0) is 76.3. The normalized spacial score (nSPS) is 8.00. The average molecular weight is 1330 g/mol. The molecule has 0 saturated heterocycles. The van der Waals surface area contributed by atoms with Crippen LogP contribution in [0.1, 0.15) is 236 Å². The monoisotopic (exact) mass is 1330 g/mol. The second-order valence-corrected chi connectivity index (χ2v) is 14.7. The number of nitrogens with zero attached hydrogens (tertiary/aromatic N) is 20. The molecule has 0 aliphatic carbocycles. The molecule has 9 aromatic heterocycles. The van der Waals surface area contributed by atoms with Gasteiger partial charge >= 0.3 is 31.6 Å². The molecule has 20 heteroatoms. The van der Waals surface area contributed by atoms with Crippen LogP contribution in [-0.4, -0.2) is 73.2 Å². The molecule has 0 spiro atoms. The number of para-hydroxylation sites is 1. The lowest BCUT2D eigenvalue weighted by molar-refractivity contribution is -0.745. The zero-order valence-electron chi connectivity index (χ0n) is 68.4. The molecule has 95 heavy (non-hydrogen) atoms. The molecule has 0 atom stereocenters. The van der Waals surface area contributed by atoms with Crippen molar-refractivity contribution in [1.82, 2.24) is 73.2 Å². The van der Waals surface area contributed by atoms with Gasteiger partial charge in [0.25, 0.3) is 0 Å². The molecule has 0 fully saturated rings. The van der Waals surface area contributed by atoms with E-state index in [9.17, 15) is 0 Å². The Kier molecular flexibility index (Phi) is 92.7. The van der Waals surface area contributed by atoms with Gasteiger partial charge in [0.05, 0.1) is 35.2 Å². The first-order chi connectivity index (χ1) is 46.4. The van der Waals surface area contributed by atoms with E-state index < -0.39 is 0 Å². The van der Waals surface area contributed by atoms with Crippen LogP contribution in [0.15, 0.2) is 155 Å². The van der Waals surface area contributed by atoms with Gasteiger partial charge in [0.1, 0.15) is 58.6 Å². The van der Waals surface area contributed by atoms with Crippen molar-refractivity contribution in [3.63, 3.8) is 0 Å². The first-order valence-electron chi connectivity index (χ1n) is 35.4. The van der Waals surface area contributed by atoms with E-state index in [0.29, 0.717) is 0 Å². The van der Waals surface area contributed by atoms with Crippen molar-refractivity contribution in [3.05, 3.63) is 183 Å². The maximum atomic E-state index is 4.21. The quantitative estimate of drug-likeness (QED) is 0.151. The first-order valence-corrected chi connectivity index (χ1v) is 35.4. The minimum Gasteiger partial charge on any atom is -0.264 e. The van der Waals surface area contributed by atoms with Crippen molar-refractivity contribution in [1.29, 1.82) is 0 Å².